The van der Waals surface area contributed by atoms with E-state index in [2.05, 4.69) is 5.32 Å². The van der Waals surface area contributed by atoms with Crippen molar-refractivity contribution in [2.75, 3.05) is 13.7 Å². The first-order chi connectivity index (χ1) is 11.0. The van der Waals surface area contributed by atoms with Gasteiger partial charge in [-0.2, -0.15) is 0 Å². The number of carboxylic acids is 1. The predicted molar refractivity (Wildman–Crippen MR) is 81.5 cm³/mol. The average molecular weight is 323 g/mol. The van der Waals surface area contributed by atoms with Gasteiger partial charge in [-0.3, -0.25) is 4.79 Å². The Morgan fingerprint density at radius 1 is 1.30 bits per heavy atom. The van der Waals surface area contributed by atoms with Gasteiger partial charge in [0, 0.05) is 6.54 Å². The second-order valence-corrected chi connectivity index (χ2v) is 5.16. The molecule has 1 aliphatic heterocycles. The predicted octanol–water partition coefficient (Wildman–Crippen LogP) is 1.34. The third-order valence-electron chi connectivity index (χ3n) is 3.58. The fraction of sp³-hybridized carbons (Fsp3) is 0.500. The van der Waals surface area contributed by atoms with Crippen molar-refractivity contribution in [2.45, 2.75) is 38.5 Å². The van der Waals surface area contributed by atoms with Crippen LogP contribution in [0, 0.1) is 0 Å². The van der Waals surface area contributed by atoms with E-state index in [4.69, 9.17) is 19.3 Å². The third-order valence-corrected chi connectivity index (χ3v) is 3.58. The lowest BCUT2D eigenvalue weighted by Gasteiger charge is -2.14. The summed E-state index contributed by atoms with van der Waals surface area (Å²) in [5.74, 6) is -0.0884. The normalized spacial score (nSPS) is 20.1. The summed E-state index contributed by atoms with van der Waals surface area (Å²) in [5, 5.41) is 11.6. The van der Waals surface area contributed by atoms with Crippen LogP contribution in [0.2, 0.25) is 0 Å². The quantitative estimate of drug-likeness (QED) is 0.786. The van der Waals surface area contributed by atoms with Crippen LogP contribution in [0.15, 0.2) is 18.2 Å². The van der Waals surface area contributed by atoms with Crippen LogP contribution in [0.1, 0.15) is 25.3 Å². The van der Waals surface area contributed by atoms with Crippen LogP contribution in [0.3, 0.4) is 0 Å². The van der Waals surface area contributed by atoms with Gasteiger partial charge in [-0.05, 0) is 37.5 Å². The number of amides is 1. The molecule has 23 heavy (non-hydrogen) atoms. The lowest BCUT2D eigenvalue weighted by atomic mass is 10.1. The molecule has 1 heterocycles. The molecule has 0 aliphatic carbocycles. The minimum absolute atomic E-state index is 0.303. The molecule has 1 aromatic rings. The van der Waals surface area contributed by atoms with E-state index in [1.807, 2.05) is 13.0 Å². The molecule has 0 unspecified atom stereocenters. The van der Waals surface area contributed by atoms with Crippen molar-refractivity contribution < 1.29 is 28.9 Å². The first-order valence-electron chi connectivity index (χ1n) is 7.50. The summed E-state index contributed by atoms with van der Waals surface area (Å²) < 4.78 is 15.9. The molecule has 1 fully saturated rings. The molecule has 0 bridgehead atoms. The van der Waals surface area contributed by atoms with E-state index in [1.165, 1.54) is 0 Å². The highest BCUT2D eigenvalue weighted by atomic mass is 16.5. The summed E-state index contributed by atoms with van der Waals surface area (Å²) in [4.78, 5) is 22.9. The monoisotopic (exact) mass is 323 g/mol. The highest BCUT2D eigenvalue weighted by Gasteiger charge is 2.34. The number of rotatable bonds is 7. The van der Waals surface area contributed by atoms with Crippen molar-refractivity contribution in [3.8, 4) is 11.5 Å². The fourth-order valence-corrected chi connectivity index (χ4v) is 2.41. The molecule has 126 valence electrons. The molecular formula is C16H21NO6. The smallest absolute Gasteiger partial charge is 0.332 e. The Hall–Kier alpha value is -2.28. The molecule has 0 spiro atoms. The lowest BCUT2D eigenvalue weighted by Crippen LogP contribution is -2.35. The summed E-state index contributed by atoms with van der Waals surface area (Å²) in [6.45, 7) is 2.70. The van der Waals surface area contributed by atoms with Crippen LogP contribution in [-0.4, -0.2) is 42.9 Å². The Morgan fingerprint density at radius 3 is 2.65 bits per heavy atom. The largest absolute Gasteiger partial charge is 0.493 e. The number of carboxylic acid groups (broad SMARTS) is 1. The van der Waals surface area contributed by atoms with E-state index in [-0.39, 0.29) is 5.91 Å². The van der Waals surface area contributed by atoms with Crippen LogP contribution < -0.4 is 14.8 Å². The Morgan fingerprint density at radius 2 is 2.04 bits per heavy atom. The third kappa shape index (κ3) is 4.35. The van der Waals surface area contributed by atoms with Crippen molar-refractivity contribution in [2.24, 2.45) is 0 Å². The van der Waals surface area contributed by atoms with Gasteiger partial charge in [0.2, 0.25) is 5.91 Å². The fourth-order valence-electron chi connectivity index (χ4n) is 2.41. The summed E-state index contributed by atoms with van der Waals surface area (Å²) in [6.07, 6.45) is -0.836. The molecular weight excluding hydrogens is 302 g/mol. The van der Waals surface area contributed by atoms with Crippen molar-refractivity contribution in [1.82, 2.24) is 5.32 Å². The second kappa shape index (κ2) is 7.82. The average Bonchev–Trinajstić information content (AvgIpc) is 3.03. The number of carbonyl (C=O) groups excluding carboxylic acids is 1. The first kappa shape index (κ1) is 17.1. The van der Waals surface area contributed by atoms with Gasteiger partial charge in [0.25, 0.3) is 0 Å². The van der Waals surface area contributed by atoms with Gasteiger partial charge in [0.1, 0.15) is 6.10 Å². The maximum absolute atomic E-state index is 12.0. The second-order valence-electron chi connectivity index (χ2n) is 5.16. The summed E-state index contributed by atoms with van der Waals surface area (Å²) in [5.41, 5.74) is 0.857. The number of benzene rings is 1. The number of hydrogen-bond donors (Lipinski definition) is 2. The molecule has 2 N–H and O–H groups in total. The zero-order valence-corrected chi connectivity index (χ0v) is 13.2. The van der Waals surface area contributed by atoms with E-state index >= 15 is 0 Å². The van der Waals surface area contributed by atoms with Crippen LogP contribution in [0.25, 0.3) is 0 Å². The molecule has 0 radical (unpaired) electrons. The summed E-state index contributed by atoms with van der Waals surface area (Å²) >= 11 is 0. The number of hydrogen-bond acceptors (Lipinski definition) is 5. The van der Waals surface area contributed by atoms with Crippen LogP contribution >= 0.6 is 0 Å². The Balaban J connectivity index is 1.91. The van der Waals surface area contributed by atoms with Crippen molar-refractivity contribution in [1.29, 1.82) is 0 Å². The minimum atomic E-state index is -1.03. The van der Waals surface area contributed by atoms with E-state index < -0.39 is 18.2 Å². The molecule has 1 aliphatic rings. The van der Waals surface area contributed by atoms with Gasteiger partial charge in [-0.1, -0.05) is 6.07 Å². The number of carbonyl (C=O) groups is 2. The molecule has 2 rings (SSSR count). The maximum atomic E-state index is 12.0. The molecule has 0 saturated carbocycles. The first-order valence-corrected chi connectivity index (χ1v) is 7.50. The topological polar surface area (TPSA) is 94.1 Å². The van der Waals surface area contributed by atoms with Crippen LogP contribution in [0.5, 0.6) is 11.5 Å². The molecule has 1 aromatic carbocycles. The van der Waals surface area contributed by atoms with Crippen molar-refractivity contribution >= 4 is 11.9 Å². The molecule has 1 saturated heterocycles. The molecule has 7 heteroatoms. The number of nitrogens with one attached hydrogen (secondary N) is 1. The number of aliphatic carboxylic acids is 1. The van der Waals surface area contributed by atoms with E-state index in [0.29, 0.717) is 37.5 Å². The van der Waals surface area contributed by atoms with Crippen molar-refractivity contribution in [3.05, 3.63) is 23.8 Å². The van der Waals surface area contributed by atoms with E-state index in [1.54, 1.807) is 19.2 Å². The van der Waals surface area contributed by atoms with Gasteiger partial charge in [-0.15, -0.1) is 0 Å². The Bertz CT molecular complexity index is 574. The molecule has 2 atom stereocenters. The van der Waals surface area contributed by atoms with E-state index in [9.17, 15) is 9.59 Å². The summed E-state index contributed by atoms with van der Waals surface area (Å²) in [6, 6.07) is 5.41. The zero-order chi connectivity index (χ0) is 16.8. The van der Waals surface area contributed by atoms with Gasteiger partial charge in [0.15, 0.2) is 17.6 Å². The standard InChI is InChI=1S/C16H21NO6/c1-3-22-14-8-10(4-5-11(14)21-2)9-17-15(18)12-6-7-13(23-12)16(19)20/h4-5,8,12-13H,3,6-7,9H2,1-2H3,(H,17,18)(H,19,20)/t12-,13+/m0/s1. The highest BCUT2D eigenvalue weighted by molar-refractivity contribution is 5.82. The summed E-state index contributed by atoms with van der Waals surface area (Å²) in [7, 11) is 1.57. The van der Waals surface area contributed by atoms with Gasteiger partial charge in [0.05, 0.1) is 13.7 Å². The SMILES string of the molecule is CCOc1cc(CNC(=O)[C@@H]2CC[C@H](C(=O)O)O2)ccc1OC. The number of ether oxygens (including phenoxy) is 3. The molecule has 1 amide bonds. The van der Waals surface area contributed by atoms with Gasteiger partial charge < -0.3 is 24.6 Å². The molecule has 0 aromatic heterocycles. The Kier molecular flexibility index (Phi) is 5.81. The van der Waals surface area contributed by atoms with E-state index in [0.717, 1.165) is 5.56 Å². The van der Waals surface area contributed by atoms with Crippen LogP contribution in [-0.2, 0) is 20.9 Å². The van der Waals surface area contributed by atoms with Crippen LogP contribution in [0.4, 0.5) is 0 Å². The highest BCUT2D eigenvalue weighted by Crippen LogP contribution is 2.28. The lowest BCUT2D eigenvalue weighted by molar-refractivity contribution is -0.151. The molecule has 7 nitrogen and oxygen atoms in total. The van der Waals surface area contributed by atoms with Gasteiger partial charge >= 0.3 is 5.97 Å². The maximum Gasteiger partial charge on any atom is 0.332 e. The zero-order valence-electron chi connectivity index (χ0n) is 13.2. The minimum Gasteiger partial charge on any atom is -0.493 e. The van der Waals surface area contributed by atoms with Gasteiger partial charge in [-0.25, -0.2) is 4.79 Å². The number of methoxy groups -OCH3 is 1. The Labute approximate surface area is 134 Å². The van der Waals surface area contributed by atoms with Crippen molar-refractivity contribution in [3.63, 3.8) is 0 Å².